The zero-order valence-electron chi connectivity index (χ0n) is 11.3. The Morgan fingerprint density at radius 1 is 1.00 bits per heavy atom. The fraction of sp³-hybridized carbons (Fsp3) is 1.00. The Labute approximate surface area is 104 Å². The highest BCUT2D eigenvalue weighted by atomic mass is 16.5. The molecule has 1 N–H and O–H groups in total. The topological polar surface area (TPSA) is 43.0 Å². The fourth-order valence-electron chi connectivity index (χ4n) is 1.78. The van der Waals surface area contributed by atoms with E-state index in [4.69, 9.17) is 14.2 Å². The van der Waals surface area contributed by atoms with Crippen molar-refractivity contribution in [3.05, 3.63) is 0 Å². The second-order valence-corrected chi connectivity index (χ2v) is 4.73. The monoisotopic (exact) mass is 246 g/mol. The molecule has 0 saturated carbocycles. The number of rotatable bonds is 10. The molecule has 0 bridgehead atoms. The van der Waals surface area contributed by atoms with Crippen molar-refractivity contribution in [3.63, 3.8) is 0 Å². The smallest absolute Gasteiger partial charge is 0.0902 e. The van der Waals surface area contributed by atoms with E-state index in [1.807, 2.05) is 0 Å². The lowest BCUT2D eigenvalue weighted by Gasteiger charge is -2.39. The number of hydrogen-bond donors (Lipinski definition) is 1. The quantitative estimate of drug-likeness (QED) is 0.586. The van der Waals surface area contributed by atoms with Gasteiger partial charge in [-0.2, -0.15) is 0 Å². The van der Waals surface area contributed by atoms with Gasteiger partial charge in [-0.05, 0) is 6.92 Å². The summed E-state index contributed by atoms with van der Waals surface area (Å²) in [6.45, 7) is 9.14. The third-order valence-corrected chi connectivity index (χ3v) is 3.08. The Morgan fingerprint density at radius 2 is 1.53 bits per heavy atom. The molecule has 1 saturated heterocycles. The molecule has 1 aliphatic rings. The third-order valence-electron chi connectivity index (χ3n) is 3.08. The molecule has 17 heavy (non-hydrogen) atoms. The molecule has 0 unspecified atom stereocenters. The summed E-state index contributed by atoms with van der Waals surface area (Å²) in [7, 11) is 3.46. The van der Waals surface area contributed by atoms with Gasteiger partial charge in [-0.1, -0.05) is 0 Å². The SMILES string of the molecule is COCCN(CCOC)CCOC1(C)CNC1. The second-order valence-electron chi connectivity index (χ2n) is 4.73. The summed E-state index contributed by atoms with van der Waals surface area (Å²) in [5.74, 6) is 0. The molecule has 0 radical (unpaired) electrons. The van der Waals surface area contributed by atoms with Crippen LogP contribution in [0.3, 0.4) is 0 Å². The summed E-state index contributed by atoms with van der Waals surface area (Å²) < 4.78 is 16.1. The van der Waals surface area contributed by atoms with Crippen molar-refractivity contribution in [2.45, 2.75) is 12.5 Å². The largest absolute Gasteiger partial charge is 0.383 e. The van der Waals surface area contributed by atoms with Gasteiger partial charge in [0.25, 0.3) is 0 Å². The highest BCUT2D eigenvalue weighted by Crippen LogP contribution is 2.14. The van der Waals surface area contributed by atoms with Gasteiger partial charge in [0.05, 0.1) is 25.4 Å². The molecular formula is C12H26N2O3. The molecule has 102 valence electrons. The Balaban J connectivity index is 2.12. The van der Waals surface area contributed by atoms with Gasteiger partial charge < -0.3 is 19.5 Å². The van der Waals surface area contributed by atoms with E-state index in [0.717, 1.165) is 52.5 Å². The van der Waals surface area contributed by atoms with Gasteiger partial charge in [-0.15, -0.1) is 0 Å². The maximum atomic E-state index is 5.87. The number of methoxy groups -OCH3 is 2. The number of nitrogens with zero attached hydrogens (tertiary/aromatic N) is 1. The molecular weight excluding hydrogens is 220 g/mol. The highest BCUT2D eigenvalue weighted by Gasteiger charge is 2.32. The van der Waals surface area contributed by atoms with E-state index in [1.165, 1.54) is 0 Å². The maximum absolute atomic E-state index is 5.87. The lowest BCUT2D eigenvalue weighted by atomic mass is 10.0. The predicted molar refractivity (Wildman–Crippen MR) is 67.4 cm³/mol. The standard InChI is InChI=1S/C12H26N2O3/c1-12(10-13-11-12)17-9-6-14(4-7-15-2)5-8-16-3/h13H,4-11H2,1-3H3. The molecule has 0 aliphatic carbocycles. The molecule has 0 amide bonds. The van der Waals surface area contributed by atoms with Gasteiger partial charge in [0.1, 0.15) is 0 Å². The fourth-order valence-corrected chi connectivity index (χ4v) is 1.78. The molecule has 1 rings (SSSR count). The zero-order valence-corrected chi connectivity index (χ0v) is 11.3. The van der Waals surface area contributed by atoms with Crippen LogP contribution < -0.4 is 5.32 Å². The average Bonchev–Trinajstić information content (AvgIpc) is 2.29. The molecule has 1 heterocycles. The van der Waals surface area contributed by atoms with Crippen molar-refractivity contribution in [3.8, 4) is 0 Å². The van der Waals surface area contributed by atoms with E-state index >= 15 is 0 Å². The van der Waals surface area contributed by atoms with Crippen LogP contribution in [-0.4, -0.2) is 77.3 Å². The van der Waals surface area contributed by atoms with Crippen LogP contribution >= 0.6 is 0 Å². The lowest BCUT2D eigenvalue weighted by molar-refractivity contribution is -0.0735. The first kappa shape index (κ1) is 14.9. The highest BCUT2D eigenvalue weighted by molar-refractivity contribution is 4.90. The minimum absolute atomic E-state index is 0.0498. The van der Waals surface area contributed by atoms with E-state index in [2.05, 4.69) is 17.1 Å². The minimum atomic E-state index is 0.0498. The van der Waals surface area contributed by atoms with E-state index in [9.17, 15) is 0 Å². The van der Waals surface area contributed by atoms with Crippen LogP contribution in [0.1, 0.15) is 6.92 Å². The molecule has 5 nitrogen and oxygen atoms in total. The van der Waals surface area contributed by atoms with E-state index in [0.29, 0.717) is 0 Å². The molecule has 0 aromatic rings. The van der Waals surface area contributed by atoms with Crippen LogP contribution in [-0.2, 0) is 14.2 Å². The summed E-state index contributed by atoms with van der Waals surface area (Å²) in [6, 6.07) is 0. The average molecular weight is 246 g/mol. The number of ether oxygens (including phenoxy) is 3. The van der Waals surface area contributed by atoms with Gasteiger partial charge in [-0.25, -0.2) is 0 Å². The first-order chi connectivity index (χ1) is 8.20. The van der Waals surface area contributed by atoms with Crippen molar-refractivity contribution < 1.29 is 14.2 Å². The molecule has 0 spiro atoms. The number of hydrogen-bond acceptors (Lipinski definition) is 5. The molecule has 5 heteroatoms. The van der Waals surface area contributed by atoms with E-state index in [1.54, 1.807) is 14.2 Å². The van der Waals surface area contributed by atoms with Crippen LogP contribution in [0.2, 0.25) is 0 Å². The second kappa shape index (κ2) is 8.00. The Kier molecular flexibility index (Phi) is 6.99. The summed E-state index contributed by atoms with van der Waals surface area (Å²) >= 11 is 0. The van der Waals surface area contributed by atoms with Crippen LogP contribution in [0.4, 0.5) is 0 Å². The molecule has 1 aliphatic heterocycles. The Hall–Kier alpha value is -0.200. The summed E-state index contributed by atoms with van der Waals surface area (Å²) in [4.78, 5) is 2.31. The molecule has 0 aromatic heterocycles. The molecule has 0 atom stereocenters. The summed E-state index contributed by atoms with van der Waals surface area (Å²) in [6.07, 6.45) is 0. The van der Waals surface area contributed by atoms with Gasteiger partial charge in [0.15, 0.2) is 0 Å². The first-order valence-electron chi connectivity index (χ1n) is 6.25. The van der Waals surface area contributed by atoms with Crippen LogP contribution in [0.15, 0.2) is 0 Å². The van der Waals surface area contributed by atoms with E-state index in [-0.39, 0.29) is 5.60 Å². The van der Waals surface area contributed by atoms with Crippen molar-refractivity contribution in [1.82, 2.24) is 10.2 Å². The van der Waals surface area contributed by atoms with Crippen LogP contribution in [0, 0.1) is 0 Å². The maximum Gasteiger partial charge on any atom is 0.0902 e. The van der Waals surface area contributed by atoms with Crippen molar-refractivity contribution >= 4 is 0 Å². The van der Waals surface area contributed by atoms with E-state index < -0.39 is 0 Å². The Morgan fingerprint density at radius 3 is 1.94 bits per heavy atom. The first-order valence-corrected chi connectivity index (χ1v) is 6.25. The van der Waals surface area contributed by atoms with Crippen molar-refractivity contribution in [2.75, 3.05) is 66.8 Å². The third kappa shape index (κ3) is 5.79. The minimum Gasteiger partial charge on any atom is -0.383 e. The normalized spacial score (nSPS) is 18.4. The van der Waals surface area contributed by atoms with Gasteiger partial charge in [-0.3, -0.25) is 4.90 Å². The molecule has 1 fully saturated rings. The summed E-state index contributed by atoms with van der Waals surface area (Å²) in [5, 5.41) is 3.23. The number of nitrogens with one attached hydrogen (secondary N) is 1. The van der Waals surface area contributed by atoms with Crippen molar-refractivity contribution in [1.29, 1.82) is 0 Å². The van der Waals surface area contributed by atoms with Crippen molar-refractivity contribution in [2.24, 2.45) is 0 Å². The van der Waals surface area contributed by atoms with Crippen LogP contribution in [0.5, 0.6) is 0 Å². The van der Waals surface area contributed by atoms with Crippen LogP contribution in [0.25, 0.3) is 0 Å². The van der Waals surface area contributed by atoms with Gasteiger partial charge in [0.2, 0.25) is 0 Å². The summed E-state index contributed by atoms with van der Waals surface area (Å²) in [5.41, 5.74) is 0.0498. The molecule has 0 aromatic carbocycles. The van der Waals surface area contributed by atoms with Gasteiger partial charge in [0, 0.05) is 46.9 Å². The Bertz CT molecular complexity index is 190. The zero-order chi connectivity index (χ0) is 12.6. The predicted octanol–water partition coefficient (Wildman–Crippen LogP) is -0.0403. The lowest BCUT2D eigenvalue weighted by Crippen LogP contribution is -2.59. The van der Waals surface area contributed by atoms with Gasteiger partial charge >= 0.3 is 0 Å².